The van der Waals surface area contributed by atoms with Crippen molar-refractivity contribution < 1.29 is 4.79 Å². The van der Waals surface area contributed by atoms with E-state index in [1.54, 1.807) is 0 Å². The number of rotatable bonds is 1. The van der Waals surface area contributed by atoms with Crippen molar-refractivity contribution in [1.29, 1.82) is 0 Å². The van der Waals surface area contributed by atoms with Gasteiger partial charge in [0.25, 0.3) is 6.21 Å². The summed E-state index contributed by atoms with van der Waals surface area (Å²) in [6.45, 7) is 0. The van der Waals surface area contributed by atoms with Crippen molar-refractivity contribution in [3.63, 3.8) is 0 Å². The van der Waals surface area contributed by atoms with Crippen LogP contribution in [0, 0.1) is 0 Å². The third kappa shape index (κ3) is 1.06. The lowest BCUT2D eigenvalue weighted by Crippen LogP contribution is -1.99. The van der Waals surface area contributed by atoms with Crippen molar-refractivity contribution in [3.8, 4) is 22.3 Å². The minimum atomic E-state index is 0.922. The van der Waals surface area contributed by atoms with E-state index in [0.717, 1.165) is 5.56 Å². The van der Waals surface area contributed by atoms with E-state index < -0.39 is 0 Å². The molecular weight excluding hydrogens is 184 g/mol. The monoisotopic (exact) mass is 192 g/mol. The Morgan fingerprint density at radius 2 is 1.53 bits per heavy atom. The first kappa shape index (κ1) is 8.16. The van der Waals surface area contributed by atoms with Gasteiger partial charge in [-0.1, -0.05) is 30.3 Å². The summed E-state index contributed by atoms with van der Waals surface area (Å²) < 4.78 is 0. The zero-order chi connectivity index (χ0) is 10.3. The van der Waals surface area contributed by atoms with Crippen LogP contribution >= 0.6 is 0 Å². The molecule has 0 unspecified atom stereocenters. The molecule has 0 radical (unpaired) electrons. The Morgan fingerprint density at radius 1 is 0.867 bits per heavy atom. The van der Waals surface area contributed by atoms with Crippen LogP contribution in [0.4, 0.5) is 0 Å². The van der Waals surface area contributed by atoms with E-state index in [2.05, 4.69) is 23.0 Å². The molecule has 2 heteroatoms. The second kappa shape index (κ2) is 2.91. The molecule has 2 aromatic carbocycles. The summed E-state index contributed by atoms with van der Waals surface area (Å²) >= 11 is 0. The number of hydrogen-bond acceptors (Lipinski definition) is 0. The van der Waals surface area contributed by atoms with Gasteiger partial charge in [0.1, 0.15) is 0 Å². The first-order valence-corrected chi connectivity index (χ1v) is 4.81. The maximum absolute atomic E-state index is 8.46. The summed E-state index contributed by atoms with van der Waals surface area (Å²) in [4.78, 5) is 3.03. The number of fused-ring (bicyclic) bond motifs is 4. The molecule has 0 atom stereocenters. The van der Waals surface area contributed by atoms with E-state index >= 15 is 0 Å². The first-order valence-electron chi connectivity index (χ1n) is 4.81. The van der Waals surface area contributed by atoms with Gasteiger partial charge < -0.3 is 5.53 Å². The van der Waals surface area contributed by atoms with E-state index in [4.69, 9.17) is 5.53 Å². The highest BCUT2D eigenvalue weighted by atomic mass is 14.8. The number of hydrogen-bond donors (Lipinski definition) is 0. The lowest BCUT2D eigenvalue weighted by atomic mass is 9.80. The van der Waals surface area contributed by atoms with E-state index in [-0.39, 0.29) is 0 Å². The molecule has 0 saturated carbocycles. The van der Waals surface area contributed by atoms with Gasteiger partial charge in [-0.2, -0.15) is 4.79 Å². The molecule has 70 valence electrons. The smallest absolute Gasteiger partial charge is 0.287 e. The highest BCUT2D eigenvalue weighted by molar-refractivity contribution is 6.03. The van der Waals surface area contributed by atoms with E-state index in [9.17, 15) is 0 Å². The van der Waals surface area contributed by atoms with Crippen molar-refractivity contribution in [3.05, 3.63) is 53.6 Å². The molecule has 0 spiro atoms. The molecule has 0 heterocycles. The largest absolute Gasteiger partial charge is 0.361 e. The third-order valence-corrected chi connectivity index (χ3v) is 2.76. The van der Waals surface area contributed by atoms with Crippen LogP contribution in [0.25, 0.3) is 27.8 Å². The SMILES string of the molecule is [N-]=[N+]=Cc1ccc2c(c1)-c1ccccc1-2. The molecule has 0 amide bonds. The molecule has 2 nitrogen and oxygen atoms in total. The minimum absolute atomic E-state index is 0.922. The van der Waals surface area contributed by atoms with Crippen LogP contribution in [-0.4, -0.2) is 11.0 Å². The molecule has 0 aromatic heterocycles. The molecule has 15 heavy (non-hydrogen) atoms. The summed E-state index contributed by atoms with van der Waals surface area (Å²) in [5.41, 5.74) is 14.5. The van der Waals surface area contributed by atoms with Crippen molar-refractivity contribution in [2.45, 2.75) is 0 Å². The van der Waals surface area contributed by atoms with Crippen LogP contribution < -0.4 is 0 Å². The molecule has 1 aliphatic carbocycles. The second-order valence-corrected chi connectivity index (χ2v) is 3.60. The van der Waals surface area contributed by atoms with Crippen LogP contribution in [0.2, 0.25) is 0 Å². The molecule has 0 fully saturated rings. The second-order valence-electron chi connectivity index (χ2n) is 3.60. The number of nitrogens with zero attached hydrogens (tertiary/aromatic N) is 2. The third-order valence-electron chi connectivity index (χ3n) is 2.76. The van der Waals surface area contributed by atoms with Gasteiger partial charge in [-0.15, -0.1) is 0 Å². The van der Waals surface area contributed by atoms with Gasteiger partial charge >= 0.3 is 0 Å². The average molecular weight is 192 g/mol. The molecule has 0 saturated heterocycles. The summed E-state index contributed by atoms with van der Waals surface area (Å²) in [6, 6.07) is 14.4. The Hall–Kier alpha value is -2.18. The molecule has 0 aliphatic heterocycles. The van der Waals surface area contributed by atoms with Gasteiger partial charge in [-0.3, -0.25) is 0 Å². The molecular formula is C13H8N2. The quantitative estimate of drug-likeness (QED) is 0.323. The summed E-state index contributed by atoms with van der Waals surface area (Å²) in [5, 5.41) is 0. The van der Waals surface area contributed by atoms with Gasteiger partial charge in [-0.05, 0) is 34.4 Å². The molecule has 3 rings (SSSR count). The number of benzene rings is 2. The fourth-order valence-corrected chi connectivity index (χ4v) is 2.06. The Balaban J connectivity index is 2.18. The van der Waals surface area contributed by atoms with Crippen molar-refractivity contribution in [1.82, 2.24) is 0 Å². The summed E-state index contributed by atoms with van der Waals surface area (Å²) in [5.74, 6) is 0. The van der Waals surface area contributed by atoms with Gasteiger partial charge in [0, 0.05) is 0 Å². The molecule has 1 aliphatic rings. The molecule has 0 N–H and O–H groups in total. The average Bonchev–Trinajstić information content (AvgIpc) is 2.27. The Kier molecular flexibility index (Phi) is 1.58. The van der Waals surface area contributed by atoms with Gasteiger partial charge in [-0.25, -0.2) is 0 Å². The van der Waals surface area contributed by atoms with Crippen molar-refractivity contribution in [2.75, 3.05) is 0 Å². The lowest BCUT2D eigenvalue weighted by molar-refractivity contribution is 0.00457. The standard InChI is InChI=1S/C13H8N2/c14-15-8-9-5-6-12-10-3-1-2-4-11(10)13(12)7-9/h1-8H. The predicted octanol–water partition coefficient (Wildman–Crippen LogP) is 2.98. The van der Waals surface area contributed by atoms with Gasteiger partial charge in [0.15, 0.2) is 0 Å². The lowest BCUT2D eigenvalue weighted by Gasteiger charge is -2.23. The Labute approximate surface area is 87.4 Å². The summed E-state index contributed by atoms with van der Waals surface area (Å²) in [7, 11) is 0. The fraction of sp³-hybridized carbons (Fsp3) is 0. The van der Waals surface area contributed by atoms with Crippen LogP contribution in [0.1, 0.15) is 5.56 Å². The minimum Gasteiger partial charge on any atom is -0.361 e. The Bertz CT molecular complexity index is 593. The topological polar surface area (TPSA) is 36.4 Å². The highest BCUT2D eigenvalue weighted by Gasteiger charge is 2.21. The van der Waals surface area contributed by atoms with E-state index in [1.807, 2.05) is 24.3 Å². The zero-order valence-corrected chi connectivity index (χ0v) is 8.01. The predicted molar refractivity (Wildman–Crippen MR) is 59.7 cm³/mol. The maximum Gasteiger partial charge on any atom is 0.287 e. The van der Waals surface area contributed by atoms with Crippen LogP contribution in [0.3, 0.4) is 0 Å². The van der Waals surface area contributed by atoms with Crippen LogP contribution in [-0.2, 0) is 0 Å². The fourth-order valence-electron chi connectivity index (χ4n) is 2.06. The molecule has 0 bridgehead atoms. The van der Waals surface area contributed by atoms with E-state index in [1.165, 1.54) is 28.5 Å². The zero-order valence-electron chi connectivity index (χ0n) is 8.01. The van der Waals surface area contributed by atoms with Crippen molar-refractivity contribution in [2.24, 2.45) is 0 Å². The van der Waals surface area contributed by atoms with Gasteiger partial charge in [0.2, 0.25) is 0 Å². The highest BCUT2D eigenvalue weighted by Crippen LogP contribution is 2.46. The van der Waals surface area contributed by atoms with Gasteiger partial charge in [0.05, 0.1) is 5.56 Å². The Morgan fingerprint density at radius 3 is 2.27 bits per heavy atom. The summed E-state index contributed by atoms with van der Waals surface area (Å²) in [6.07, 6.45) is 1.45. The first-order chi connectivity index (χ1) is 7.40. The normalized spacial score (nSPS) is 10.7. The maximum atomic E-state index is 8.46. The molecule has 2 aromatic rings. The van der Waals surface area contributed by atoms with E-state index in [0.29, 0.717) is 0 Å². The van der Waals surface area contributed by atoms with Crippen molar-refractivity contribution >= 4 is 6.21 Å². The van der Waals surface area contributed by atoms with Crippen LogP contribution in [0.5, 0.6) is 0 Å². The van der Waals surface area contributed by atoms with Crippen LogP contribution in [0.15, 0.2) is 42.5 Å².